The molecule has 0 unspecified atom stereocenters. The molecule has 0 fully saturated rings. The molecule has 4 aromatic carbocycles. The minimum Gasteiger partial charge on any atom is -0.361 e. The van der Waals surface area contributed by atoms with E-state index in [0.717, 1.165) is 52.0 Å². The number of rotatable bonds is 6. The fraction of sp³-hybridized carbons (Fsp3) is 0.171. The minimum absolute atomic E-state index is 0.0268. The number of aryl methyl sites for hydroxylation is 2. The number of benzene rings is 4. The van der Waals surface area contributed by atoms with Crippen molar-refractivity contribution in [2.45, 2.75) is 32.7 Å². The Kier molecular flexibility index (Phi) is 7.82. The SMILES string of the molecule is Cc1ccccc1[C@H]1CC(c2c(C)nc3ccc(Cl)cc3c2-c2ccccc2)=NN1C(=S)NCCc1ccccc1. The van der Waals surface area contributed by atoms with Crippen LogP contribution in [0.15, 0.2) is 108 Å². The normalized spacial score (nSPS) is 14.8. The van der Waals surface area contributed by atoms with Crippen LogP contribution in [0.4, 0.5) is 0 Å². The quantitative estimate of drug-likeness (QED) is 0.207. The van der Waals surface area contributed by atoms with Gasteiger partial charge in [0.1, 0.15) is 0 Å². The van der Waals surface area contributed by atoms with Crippen LogP contribution >= 0.6 is 23.8 Å². The Hall–Kier alpha value is -4.06. The second-order valence-corrected chi connectivity index (χ2v) is 11.2. The zero-order valence-corrected chi connectivity index (χ0v) is 24.7. The van der Waals surface area contributed by atoms with Gasteiger partial charge in [-0.05, 0) is 72.9 Å². The smallest absolute Gasteiger partial charge is 0.190 e. The monoisotopic (exact) mass is 574 g/mol. The molecule has 1 aliphatic heterocycles. The first-order valence-electron chi connectivity index (χ1n) is 13.9. The van der Waals surface area contributed by atoms with Gasteiger partial charge in [0.2, 0.25) is 0 Å². The number of hydrogen-bond donors (Lipinski definition) is 1. The number of thiocarbonyl (C=S) groups is 1. The van der Waals surface area contributed by atoms with Gasteiger partial charge in [0.25, 0.3) is 0 Å². The summed E-state index contributed by atoms with van der Waals surface area (Å²) in [6.45, 7) is 4.95. The Balaban J connectivity index is 1.44. The van der Waals surface area contributed by atoms with Gasteiger partial charge in [-0.1, -0.05) is 96.5 Å². The molecule has 0 aliphatic carbocycles. The lowest BCUT2D eigenvalue weighted by Crippen LogP contribution is -2.37. The highest BCUT2D eigenvalue weighted by Crippen LogP contribution is 2.40. The molecule has 1 aromatic heterocycles. The van der Waals surface area contributed by atoms with E-state index < -0.39 is 0 Å². The lowest BCUT2D eigenvalue weighted by molar-refractivity contribution is 0.363. The predicted molar refractivity (Wildman–Crippen MR) is 175 cm³/mol. The average molecular weight is 575 g/mol. The van der Waals surface area contributed by atoms with Crippen LogP contribution in [0.5, 0.6) is 0 Å². The fourth-order valence-corrected chi connectivity index (χ4v) is 6.15. The van der Waals surface area contributed by atoms with Crippen molar-refractivity contribution in [2.24, 2.45) is 5.10 Å². The maximum Gasteiger partial charge on any atom is 0.190 e. The van der Waals surface area contributed by atoms with Gasteiger partial charge < -0.3 is 5.32 Å². The number of halogens is 1. The molecular weight excluding hydrogens is 544 g/mol. The number of aromatic nitrogens is 1. The van der Waals surface area contributed by atoms with Crippen molar-refractivity contribution in [1.82, 2.24) is 15.3 Å². The molecule has 0 saturated heterocycles. The van der Waals surface area contributed by atoms with E-state index in [9.17, 15) is 0 Å². The van der Waals surface area contributed by atoms with Crippen molar-refractivity contribution in [3.8, 4) is 11.1 Å². The third-order valence-electron chi connectivity index (χ3n) is 7.68. The van der Waals surface area contributed by atoms with Crippen LogP contribution in [0.1, 0.15) is 40.4 Å². The van der Waals surface area contributed by atoms with Crippen LogP contribution in [-0.2, 0) is 6.42 Å². The zero-order chi connectivity index (χ0) is 28.3. The molecule has 204 valence electrons. The van der Waals surface area contributed by atoms with Crippen LogP contribution in [0.2, 0.25) is 5.02 Å². The molecule has 6 heteroatoms. The van der Waals surface area contributed by atoms with Crippen molar-refractivity contribution < 1.29 is 0 Å². The van der Waals surface area contributed by atoms with Crippen molar-refractivity contribution in [2.75, 3.05) is 6.54 Å². The van der Waals surface area contributed by atoms with Crippen molar-refractivity contribution in [1.29, 1.82) is 0 Å². The van der Waals surface area contributed by atoms with Crippen LogP contribution in [0, 0.1) is 13.8 Å². The van der Waals surface area contributed by atoms with E-state index in [4.69, 9.17) is 33.9 Å². The summed E-state index contributed by atoms with van der Waals surface area (Å²) >= 11 is 12.5. The Morgan fingerprint density at radius 1 is 0.902 bits per heavy atom. The summed E-state index contributed by atoms with van der Waals surface area (Å²) in [6.07, 6.45) is 1.59. The van der Waals surface area contributed by atoms with Crippen LogP contribution in [0.25, 0.3) is 22.0 Å². The van der Waals surface area contributed by atoms with Gasteiger partial charge in [0.15, 0.2) is 5.11 Å². The molecule has 6 rings (SSSR count). The summed E-state index contributed by atoms with van der Waals surface area (Å²) in [6, 6.07) is 35.3. The Morgan fingerprint density at radius 2 is 1.61 bits per heavy atom. The Bertz CT molecular complexity index is 1750. The molecule has 0 saturated carbocycles. The second kappa shape index (κ2) is 11.8. The molecule has 41 heavy (non-hydrogen) atoms. The molecule has 0 amide bonds. The van der Waals surface area contributed by atoms with Gasteiger partial charge in [-0.3, -0.25) is 4.98 Å². The van der Waals surface area contributed by atoms with Crippen molar-refractivity contribution >= 4 is 45.5 Å². The topological polar surface area (TPSA) is 40.5 Å². The van der Waals surface area contributed by atoms with Gasteiger partial charge in [-0.25, -0.2) is 5.01 Å². The summed E-state index contributed by atoms with van der Waals surface area (Å²) < 4.78 is 0. The predicted octanol–water partition coefficient (Wildman–Crippen LogP) is 8.44. The van der Waals surface area contributed by atoms with Crippen LogP contribution < -0.4 is 5.32 Å². The maximum atomic E-state index is 6.52. The summed E-state index contributed by atoms with van der Waals surface area (Å²) in [5, 5.41) is 13.0. The molecule has 1 N–H and O–H groups in total. The van der Waals surface area contributed by atoms with Crippen LogP contribution in [-0.4, -0.2) is 27.4 Å². The highest BCUT2D eigenvalue weighted by atomic mass is 35.5. The lowest BCUT2D eigenvalue weighted by Gasteiger charge is -2.26. The molecule has 4 nitrogen and oxygen atoms in total. The summed E-state index contributed by atoms with van der Waals surface area (Å²) in [5.74, 6) is 0. The van der Waals surface area contributed by atoms with Gasteiger partial charge in [0.05, 0.1) is 17.3 Å². The first-order chi connectivity index (χ1) is 20.0. The molecule has 1 atom stereocenters. The Labute approximate surface area is 251 Å². The molecule has 2 heterocycles. The molecular formula is C35H31ClN4S. The van der Waals surface area contributed by atoms with Crippen molar-refractivity contribution in [3.63, 3.8) is 0 Å². The number of hydrogen-bond acceptors (Lipinski definition) is 3. The summed E-state index contributed by atoms with van der Waals surface area (Å²) in [4.78, 5) is 5.01. The van der Waals surface area contributed by atoms with Gasteiger partial charge >= 0.3 is 0 Å². The number of hydrazone groups is 1. The van der Waals surface area contributed by atoms with E-state index in [2.05, 4.69) is 92.0 Å². The number of pyridine rings is 1. The third kappa shape index (κ3) is 5.61. The van der Waals surface area contributed by atoms with Gasteiger partial charge in [-0.2, -0.15) is 5.10 Å². The third-order valence-corrected chi connectivity index (χ3v) is 8.24. The Morgan fingerprint density at radius 3 is 2.37 bits per heavy atom. The fourth-order valence-electron chi connectivity index (χ4n) is 5.71. The number of nitrogens with zero attached hydrogens (tertiary/aromatic N) is 3. The summed E-state index contributed by atoms with van der Waals surface area (Å²) in [5.41, 5.74) is 9.77. The largest absolute Gasteiger partial charge is 0.361 e. The first kappa shape index (κ1) is 27.1. The van der Waals surface area contributed by atoms with Gasteiger partial charge in [0, 0.05) is 40.2 Å². The van der Waals surface area contributed by atoms with E-state index in [1.165, 1.54) is 16.7 Å². The van der Waals surface area contributed by atoms with E-state index in [-0.39, 0.29) is 6.04 Å². The minimum atomic E-state index is -0.0268. The maximum absolute atomic E-state index is 6.52. The highest BCUT2D eigenvalue weighted by Gasteiger charge is 2.34. The second-order valence-electron chi connectivity index (χ2n) is 10.4. The van der Waals surface area contributed by atoms with E-state index >= 15 is 0 Å². The number of fused-ring (bicyclic) bond motifs is 1. The van der Waals surface area contributed by atoms with Crippen LogP contribution in [0.3, 0.4) is 0 Å². The molecule has 5 aromatic rings. The molecule has 0 spiro atoms. The van der Waals surface area contributed by atoms with E-state index in [1.54, 1.807) is 0 Å². The van der Waals surface area contributed by atoms with E-state index in [1.807, 2.05) is 35.3 Å². The average Bonchev–Trinajstić information content (AvgIpc) is 3.43. The molecule has 1 aliphatic rings. The lowest BCUT2D eigenvalue weighted by atomic mass is 9.88. The molecule has 0 bridgehead atoms. The standard InChI is InChI=1S/C35H31ClN4S/c1-23-11-9-10-16-28(23)32-22-31(39-40(32)35(41)37-20-19-25-12-5-3-6-13-25)33-24(2)38-30-18-17-27(36)21-29(30)34(33)26-14-7-4-8-15-26/h3-18,21,32H,19-20,22H2,1-2H3,(H,37,41)/t32-/m1/s1. The number of nitrogens with one attached hydrogen (secondary N) is 1. The van der Waals surface area contributed by atoms with Crippen molar-refractivity contribution in [3.05, 3.63) is 136 Å². The first-order valence-corrected chi connectivity index (χ1v) is 14.7. The summed E-state index contributed by atoms with van der Waals surface area (Å²) in [7, 11) is 0. The highest BCUT2D eigenvalue weighted by molar-refractivity contribution is 7.80. The zero-order valence-electron chi connectivity index (χ0n) is 23.1. The molecule has 0 radical (unpaired) electrons. The van der Waals surface area contributed by atoms with E-state index in [0.29, 0.717) is 16.6 Å². The van der Waals surface area contributed by atoms with Gasteiger partial charge in [-0.15, -0.1) is 0 Å².